The summed E-state index contributed by atoms with van der Waals surface area (Å²) in [5, 5.41) is 3.98. The molecule has 4 rings (SSSR count). The van der Waals surface area contributed by atoms with E-state index in [-0.39, 0.29) is 17.9 Å². The van der Waals surface area contributed by atoms with E-state index in [0.717, 1.165) is 56.0 Å². The van der Waals surface area contributed by atoms with Crippen molar-refractivity contribution >= 4 is 11.7 Å². The first-order valence-corrected chi connectivity index (χ1v) is 8.97. The van der Waals surface area contributed by atoms with Crippen LogP contribution < -0.4 is 4.90 Å². The second-order valence-corrected chi connectivity index (χ2v) is 6.91. The van der Waals surface area contributed by atoms with Crippen molar-refractivity contribution in [2.24, 2.45) is 5.92 Å². The maximum Gasteiger partial charge on any atom is 0.228 e. The summed E-state index contributed by atoms with van der Waals surface area (Å²) in [4.78, 5) is 25.8. The van der Waals surface area contributed by atoms with Crippen molar-refractivity contribution in [1.29, 1.82) is 0 Å². The van der Waals surface area contributed by atoms with E-state index in [9.17, 15) is 4.79 Å². The van der Waals surface area contributed by atoms with Crippen LogP contribution in [0.2, 0.25) is 0 Å². The van der Waals surface area contributed by atoms with Gasteiger partial charge in [-0.2, -0.15) is 0 Å². The molecule has 0 aliphatic carbocycles. The fourth-order valence-corrected chi connectivity index (χ4v) is 3.94. The highest BCUT2D eigenvalue weighted by Gasteiger charge is 2.37. The van der Waals surface area contributed by atoms with E-state index in [1.165, 1.54) is 0 Å². The van der Waals surface area contributed by atoms with Crippen molar-refractivity contribution in [3.05, 3.63) is 36.1 Å². The predicted octanol–water partition coefficient (Wildman–Crippen LogP) is 2.35. The molecule has 0 saturated carbocycles. The molecule has 2 aliphatic rings. The maximum atomic E-state index is 13.2. The maximum absolute atomic E-state index is 13.2. The van der Waals surface area contributed by atoms with E-state index in [1.54, 1.807) is 18.6 Å². The Morgan fingerprint density at radius 1 is 1.24 bits per heavy atom. The zero-order chi connectivity index (χ0) is 17.2. The molecular formula is C18H23N5O2. The monoisotopic (exact) mass is 341 g/mol. The van der Waals surface area contributed by atoms with Crippen LogP contribution in [0, 0.1) is 12.8 Å². The highest BCUT2D eigenvalue weighted by atomic mass is 16.5. The van der Waals surface area contributed by atoms with Gasteiger partial charge in [0.05, 0.1) is 23.9 Å². The summed E-state index contributed by atoms with van der Waals surface area (Å²) in [5.74, 6) is 1.89. The highest BCUT2D eigenvalue weighted by molar-refractivity contribution is 5.80. The predicted molar refractivity (Wildman–Crippen MR) is 91.9 cm³/mol. The number of amides is 1. The summed E-state index contributed by atoms with van der Waals surface area (Å²) in [6, 6.07) is 1.98. The van der Waals surface area contributed by atoms with Gasteiger partial charge in [-0.05, 0) is 32.6 Å². The largest absolute Gasteiger partial charge is 0.359 e. The zero-order valence-electron chi connectivity index (χ0n) is 14.5. The van der Waals surface area contributed by atoms with Gasteiger partial charge in [-0.1, -0.05) is 5.16 Å². The van der Waals surface area contributed by atoms with Crippen molar-refractivity contribution < 1.29 is 9.32 Å². The smallest absolute Gasteiger partial charge is 0.228 e. The fourth-order valence-electron chi connectivity index (χ4n) is 3.94. The van der Waals surface area contributed by atoms with Crippen LogP contribution >= 0.6 is 0 Å². The number of likely N-dealkylation sites (tertiary alicyclic amines) is 1. The molecule has 7 nitrogen and oxygen atoms in total. The summed E-state index contributed by atoms with van der Waals surface area (Å²) >= 11 is 0. The lowest BCUT2D eigenvalue weighted by molar-refractivity contribution is -0.137. The molecule has 25 heavy (non-hydrogen) atoms. The minimum atomic E-state index is 0.000347. The van der Waals surface area contributed by atoms with E-state index in [4.69, 9.17) is 4.52 Å². The Bertz CT molecular complexity index is 732. The number of hydrogen-bond acceptors (Lipinski definition) is 6. The Kier molecular flexibility index (Phi) is 4.38. The number of hydrogen-bond donors (Lipinski definition) is 0. The normalized spacial score (nSPS) is 23.9. The number of anilines is 1. The first kappa shape index (κ1) is 16.1. The van der Waals surface area contributed by atoms with Crippen molar-refractivity contribution in [3.8, 4) is 0 Å². The summed E-state index contributed by atoms with van der Waals surface area (Å²) in [6.07, 6.45) is 9.01. The topological polar surface area (TPSA) is 75.4 Å². The Morgan fingerprint density at radius 2 is 2.12 bits per heavy atom. The van der Waals surface area contributed by atoms with Gasteiger partial charge < -0.3 is 14.3 Å². The average molecular weight is 341 g/mol. The van der Waals surface area contributed by atoms with Crippen LogP contribution in [0.15, 0.2) is 29.2 Å². The molecule has 2 unspecified atom stereocenters. The summed E-state index contributed by atoms with van der Waals surface area (Å²) in [5.41, 5.74) is 0.862. The molecule has 2 aromatic rings. The van der Waals surface area contributed by atoms with Crippen LogP contribution in [0.3, 0.4) is 0 Å². The van der Waals surface area contributed by atoms with Gasteiger partial charge in [0.15, 0.2) is 5.76 Å². The quantitative estimate of drug-likeness (QED) is 0.853. The van der Waals surface area contributed by atoms with Crippen molar-refractivity contribution in [1.82, 2.24) is 20.0 Å². The van der Waals surface area contributed by atoms with Crippen LogP contribution in [-0.4, -0.2) is 45.6 Å². The molecule has 0 bridgehead atoms. The standard InChI is InChI=1S/C18H23N5O2/c1-13-10-16(25-21-13)15-5-3-9-23(15)18(24)14-4-2-8-22(12-14)17-11-19-6-7-20-17/h6-7,10-11,14-15H,2-5,8-9,12H2,1H3. The van der Waals surface area contributed by atoms with Crippen LogP contribution in [0.1, 0.15) is 43.2 Å². The van der Waals surface area contributed by atoms with Crippen LogP contribution in [0.25, 0.3) is 0 Å². The molecule has 2 atom stereocenters. The minimum absolute atomic E-state index is 0.000347. The molecule has 132 valence electrons. The third kappa shape index (κ3) is 3.23. The summed E-state index contributed by atoms with van der Waals surface area (Å²) in [6.45, 7) is 4.34. The van der Waals surface area contributed by atoms with Gasteiger partial charge in [0.2, 0.25) is 5.91 Å². The number of aryl methyl sites for hydroxylation is 1. The third-order valence-electron chi connectivity index (χ3n) is 5.15. The minimum Gasteiger partial charge on any atom is -0.359 e. The highest BCUT2D eigenvalue weighted by Crippen LogP contribution is 2.35. The number of carbonyl (C=O) groups excluding carboxylic acids is 1. The van der Waals surface area contributed by atoms with Gasteiger partial charge in [-0.3, -0.25) is 9.78 Å². The Labute approximate surface area is 147 Å². The van der Waals surface area contributed by atoms with E-state index in [2.05, 4.69) is 20.0 Å². The number of piperidine rings is 1. The Balaban J connectivity index is 1.48. The summed E-state index contributed by atoms with van der Waals surface area (Å²) < 4.78 is 5.43. The molecule has 2 aromatic heterocycles. The average Bonchev–Trinajstić information content (AvgIpc) is 3.30. The number of nitrogens with zero attached hydrogens (tertiary/aromatic N) is 5. The zero-order valence-corrected chi connectivity index (χ0v) is 14.5. The van der Waals surface area contributed by atoms with Crippen molar-refractivity contribution in [2.45, 2.75) is 38.6 Å². The second-order valence-electron chi connectivity index (χ2n) is 6.91. The number of aromatic nitrogens is 3. The Hall–Kier alpha value is -2.44. The van der Waals surface area contributed by atoms with Crippen molar-refractivity contribution in [2.75, 3.05) is 24.5 Å². The van der Waals surface area contributed by atoms with Gasteiger partial charge >= 0.3 is 0 Å². The van der Waals surface area contributed by atoms with Crippen LogP contribution in [-0.2, 0) is 4.79 Å². The molecule has 2 saturated heterocycles. The van der Waals surface area contributed by atoms with E-state index < -0.39 is 0 Å². The third-order valence-corrected chi connectivity index (χ3v) is 5.15. The van der Waals surface area contributed by atoms with Gasteiger partial charge in [-0.25, -0.2) is 4.98 Å². The van der Waals surface area contributed by atoms with Gasteiger partial charge in [0.1, 0.15) is 5.82 Å². The molecule has 1 amide bonds. The first-order valence-electron chi connectivity index (χ1n) is 8.97. The lowest BCUT2D eigenvalue weighted by Gasteiger charge is -2.35. The first-order chi connectivity index (χ1) is 12.2. The Morgan fingerprint density at radius 3 is 2.88 bits per heavy atom. The molecule has 7 heteroatoms. The van der Waals surface area contributed by atoms with E-state index in [0.29, 0.717) is 6.54 Å². The van der Waals surface area contributed by atoms with E-state index in [1.807, 2.05) is 17.9 Å². The van der Waals surface area contributed by atoms with Gasteiger partial charge in [0, 0.05) is 38.1 Å². The summed E-state index contributed by atoms with van der Waals surface area (Å²) in [7, 11) is 0. The molecule has 0 aromatic carbocycles. The molecule has 2 fully saturated rings. The molecular weight excluding hydrogens is 318 g/mol. The SMILES string of the molecule is Cc1cc(C2CCCN2C(=O)C2CCCN(c3cnccn3)C2)on1. The van der Waals surface area contributed by atoms with Crippen molar-refractivity contribution in [3.63, 3.8) is 0 Å². The fraction of sp³-hybridized carbons (Fsp3) is 0.556. The molecule has 0 N–H and O–H groups in total. The molecule has 0 spiro atoms. The van der Waals surface area contributed by atoms with Crippen LogP contribution in [0.5, 0.6) is 0 Å². The molecule has 2 aliphatic heterocycles. The lowest BCUT2D eigenvalue weighted by Crippen LogP contribution is -2.45. The number of carbonyl (C=O) groups is 1. The molecule has 4 heterocycles. The van der Waals surface area contributed by atoms with E-state index >= 15 is 0 Å². The lowest BCUT2D eigenvalue weighted by atomic mass is 9.96. The second kappa shape index (κ2) is 6.82. The molecule has 0 radical (unpaired) electrons. The van der Waals surface area contributed by atoms with Gasteiger partial charge in [0.25, 0.3) is 0 Å². The number of rotatable bonds is 3. The van der Waals surface area contributed by atoms with Crippen LogP contribution in [0.4, 0.5) is 5.82 Å². The van der Waals surface area contributed by atoms with Gasteiger partial charge in [-0.15, -0.1) is 0 Å².